The van der Waals surface area contributed by atoms with Crippen LogP contribution in [0.3, 0.4) is 0 Å². The molecular formula is C15H13ClN2O4. The maximum atomic E-state index is 11.8. The van der Waals surface area contributed by atoms with Gasteiger partial charge in [-0.05, 0) is 42.8 Å². The second-order valence-electron chi connectivity index (χ2n) is 4.56. The number of carbonyl (C=O) groups excluding carboxylic acids is 1. The number of rotatable bonds is 3. The van der Waals surface area contributed by atoms with E-state index < -0.39 is 11.7 Å². The van der Waals surface area contributed by atoms with Gasteiger partial charge in [0.25, 0.3) is 5.91 Å². The van der Waals surface area contributed by atoms with Crippen molar-refractivity contribution in [3.05, 3.63) is 52.0 Å². The van der Waals surface area contributed by atoms with Crippen LogP contribution >= 0.6 is 11.6 Å². The monoisotopic (exact) mass is 320 g/mol. The third-order valence-corrected chi connectivity index (χ3v) is 3.12. The van der Waals surface area contributed by atoms with Crippen LogP contribution in [-0.2, 0) is 0 Å². The minimum atomic E-state index is -0.579. The number of nitrogens with one attached hydrogen (secondary N) is 1. The largest absolute Gasteiger partial charge is 0.507 e. The summed E-state index contributed by atoms with van der Waals surface area (Å²) >= 11 is 5.88. The molecule has 22 heavy (non-hydrogen) atoms. The Morgan fingerprint density at radius 2 is 1.91 bits per heavy atom. The summed E-state index contributed by atoms with van der Waals surface area (Å²) in [5.41, 5.74) is 3.31. The Morgan fingerprint density at radius 1 is 1.18 bits per heavy atom. The van der Waals surface area contributed by atoms with E-state index in [9.17, 15) is 20.1 Å². The minimum absolute atomic E-state index is 0.0182. The van der Waals surface area contributed by atoms with Crippen molar-refractivity contribution in [1.29, 1.82) is 0 Å². The van der Waals surface area contributed by atoms with E-state index in [1.165, 1.54) is 24.4 Å². The van der Waals surface area contributed by atoms with Crippen LogP contribution in [-0.4, -0.2) is 27.4 Å². The van der Waals surface area contributed by atoms with Crippen molar-refractivity contribution >= 4 is 23.7 Å². The lowest BCUT2D eigenvalue weighted by Crippen LogP contribution is -2.17. The van der Waals surface area contributed by atoms with Crippen molar-refractivity contribution in [2.24, 2.45) is 5.10 Å². The molecule has 0 spiro atoms. The van der Waals surface area contributed by atoms with Gasteiger partial charge in [0, 0.05) is 16.1 Å². The SMILES string of the molecule is Cc1cc(Cl)cc(/C=N/NC(=O)c2ccc(O)c(O)c2)c1O. The molecule has 4 N–H and O–H groups in total. The topological polar surface area (TPSA) is 102 Å². The summed E-state index contributed by atoms with van der Waals surface area (Å²) in [4.78, 5) is 11.8. The molecule has 0 bridgehead atoms. The van der Waals surface area contributed by atoms with Crippen LogP contribution in [0, 0.1) is 6.92 Å². The molecule has 0 saturated carbocycles. The minimum Gasteiger partial charge on any atom is -0.507 e. The number of phenols is 3. The van der Waals surface area contributed by atoms with Crippen LogP contribution < -0.4 is 5.43 Å². The number of halogens is 1. The third-order valence-electron chi connectivity index (χ3n) is 2.90. The highest BCUT2D eigenvalue weighted by Gasteiger charge is 2.08. The molecule has 0 unspecified atom stereocenters. The van der Waals surface area contributed by atoms with Gasteiger partial charge in [0.15, 0.2) is 11.5 Å². The van der Waals surface area contributed by atoms with Crippen molar-refractivity contribution in [2.45, 2.75) is 6.92 Å². The normalized spacial score (nSPS) is 10.8. The summed E-state index contributed by atoms with van der Waals surface area (Å²) in [5.74, 6) is -1.28. The van der Waals surface area contributed by atoms with Crippen molar-refractivity contribution in [3.8, 4) is 17.2 Å². The summed E-state index contributed by atoms with van der Waals surface area (Å²) in [6, 6.07) is 6.75. The summed E-state index contributed by atoms with van der Waals surface area (Å²) in [6.07, 6.45) is 1.26. The number of amides is 1. The molecule has 2 rings (SSSR count). The van der Waals surface area contributed by atoms with Gasteiger partial charge in [0.05, 0.1) is 6.21 Å². The van der Waals surface area contributed by atoms with E-state index >= 15 is 0 Å². The van der Waals surface area contributed by atoms with E-state index in [-0.39, 0.29) is 17.1 Å². The van der Waals surface area contributed by atoms with E-state index in [2.05, 4.69) is 10.5 Å². The highest BCUT2D eigenvalue weighted by atomic mass is 35.5. The van der Waals surface area contributed by atoms with Gasteiger partial charge >= 0.3 is 0 Å². The van der Waals surface area contributed by atoms with Crippen LogP contribution in [0.25, 0.3) is 0 Å². The van der Waals surface area contributed by atoms with Crippen molar-refractivity contribution in [2.75, 3.05) is 0 Å². The van der Waals surface area contributed by atoms with Gasteiger partial charge < -0.3 is 15.3 Å². The zero-order valence-corrected chi connectivity index (χ0v) is 12.3. The molecule has 7 heteroatoms. The zero-order valence-electron chi connectivity index (χ0n) is 11.5. The fourth-order valence-corrected chi connectivity index (χ4v) is 2.03. The number of hydrazone groups is 1. The van der Waals surface area contributed by atoms with Crippen molar-refractivity contribution in [3.63, 3.8) is 0 Å². The Balaban J connectivity index is 2.12. The Bertz CT molecular complexity index is 759. The number of benzene rings is 2. The predicted octanol–water partition coefficient (Wildman–Crippen LogP) is 2.53. The average Bonchev–Trinajstić information content (AvgIpc) is 2.46. The molecule has 2 aromatic carbocycles. The van der Waals surface area contributed by atoms with Crippen LogP contribution in [0.4, 0.5) is 0 Å². The molecule has 0 radical (unpaired) electrons. The van der Waals surface area contributed by atoms with E-state index in [0.29, 0.717) is 16.1 Å². The molecule has 0 aromatic heterocycles. The number of hydrogen-bond acceptors (Lipinski definition) is 5. The first-order valence-electron chi connectivity index (χ1n) is 6.23. The van der Waals surface area contributed by atoms with Crippen LogP contribution in [0.2, 0.25) is 5.02 Å². The Kier molecular flexibility index (Phi) is 4.53. The Labute approximate surface area is 131 Å². The Morgan fingerprint density at radius 3 is 2.59 bits per heavy atom. The van der Waals surface area contributed by atoms with Gasteiger partial charge in [-0.2, -0.15) is 5.10 Å². The first-order valence-corrected chi connectivity index (χ1v) is 6.61. The van der Waals surface area contributed by atoms with Gasteiger partial charge in [-0.15, -0.1) is 0 Å². The van der Waals surface area contributed by atoms with Crippen LogP contribution in [0.5, 0.6) is 17.2 Å². The summed E-state index contributed by atoms with van der Waals surface area (Å²) < 4.78 is 0. The van der Waals surface area contributed by atoms with Gasteiger partial charge in [-0.25, -0.2) is 5.43 Å². The first-order chi connectivity index (χ1) is 10.4. The summed E-state index contributed by atoms with van der Waals surface area (Å²) in [5, 5.41) is 32.5. The van der Waals surface area contributed by atoms with Crippen molar-refractivity contribution in [1.82, 2.24) is 5.43 Å². The Hall–Kier alpha value is -2.73. The van der Waals surface area contributed by atoms with Gasteiger partial charge in [-0.1, -0.05) is 11.6 Å². The van der Waals surface area contributed by atoms with Gasteiger partial charge in [-0.3, -0.25) is 4.79 Å². The van der Waals surface area contributed by atoms with E-state index in [1.54, 1.807) is 13.0 Å². The van der Waals surface area contributed by atoms with Crippen LogP contribution in [0.15, 0.2) is 35.4 Å². The lowest BCUT2D eigenvalue weighted by molar-refractivity contribution is 0.0954. The molecule has 0 aliphatic carbocycles. The molecule has 114 valence electrons. The maximum absolute atomic E-state index is 11.8. The molecule has 0 saturated heterocycles. The second kappa shape index (κ2) is 6.36. The number of aromatic hydroxyl groups is 3. The number of phenolic OH excluding ortho intramolecular Hbond substituents is 3. The van der Waals surface area contributed by atoms with E-state index in [0.717, 1.165) is 6.07 Å². The van der Waals surface area contributed by atoms with Crippen LogP contribution in [0.1, 0.15) is 21.5 Å². The smallest absolute Gasteiger partial charge is 0.271 e. The zero-order chi connectivity index (χ0) is 16.3. The second-order valence-corrected chi connectivity index (χ2v) is 5.00. The van der Waals surface area contributed by atoms with Crippen molar-refractivity contribution < 1.29 is 20.1 Å². The fourth-order valence-electron chi connectivity index (χ4n) is 1.75. The molecule has 2 aromatic rings. The average molecular weight is 321 g/mol. The molecule has 0 fully saturated rings. The highest BCUT2D eigenvalue weighted by Crippen LogP contribution is 2.25. The molecular weight excluding hydrogens is 308 g/mol. The van der Waals surface area contributed by atoms with E-state index in [1.807, 2.05) is 0 Å². The fraction of sp³-hybridized carbons (Fsp3) is 0.0667. The standard InChI is InChI=1S/C15H13ClN2O4/c1-8-4-11(16)5-10(14(8)21)7-17-18-15(22)9-2-3-12(19)13(20)6-9/h2-7,19-21H,1H3,(H,18,22)/b17-7+. The lowest BCUT2D eigenvalue weighted by atomic mass is 10.1. The molecule has 0 aliphatic heterocycles. The third kappa shape index (κ3) is 3.48. The first kappa shape index (κ1) is 15.7. The molecule has 1 amide bonds. The predicted molar refractivity (Wildman–Crippen MR) is 82.7 cm³/mol. The molecule has 6 nitrogen and oxygen atoms in total. The number of nitrogens with zero attached hydrogens (tertiary/aromatic N) is 1. The summed E-state index contributed by atoms with van der Waals surface area (Å²) in [6.45, 7) is 1.69. The number of hydrogen-bond donors (Lipinski definition) is 4. The quantitative estimate of drug-likeness (QED) is 0.396. The van der Waals surface area contributed by atoms with Gasteiger partial charge in [0.1, 0.15) is 5.75 Å². The summed E-state index contributed by atoms with van der Waals surface area (Å²) in [7, 11) is 0. The molecule has 0 atom stereocenters. The maximum Gasteiger partial charge on any atom is 0.271 e. The molecule has 0 aliphatic rings. The highest BCUT2D eigenvalue weighted by molar-refractivity contribution is 6.31. The lowest BCUT2D eigenvalue weighted by Gasteiger charge is -2.04. The van der Waals surface area contributed by atoms with Gasteiger partial charge in [0.2, 0.25) is 0 Å². The molecule has 0 heterocycles. The number of carbonyl (C=O) groups is 1. The van der Waals surface area contributed by atoms with E-state index in [4.69, 9.17) is 11.6 Å². The number of aryl methyl sites for hydroxylation is 1.